The second kappa shape index (κ2) is 9.96. The highest BCUT2D eigenvalue weighted by Gasteiger charge is 2.34. The molecule has 0 saturated carbocycles. The van der Waals surface area contributed by atoms with Gasteiger partial charge in [-0.15, -0.1) is 0 Å². The van der Waals surface area contributed by atoms with Crippen LogP contribution in [0.3, 0.4) is 0 Å². The number of carbonyl (C=O) groups is 2. The van der Waals surface area contributed by atoms with Gasteiger partial charge in [-0.2, -0.15) is 4.31 Å². The van der Waals surface area contributed by atoms with Crippen LogP contribution in [0.5, 0.6) is 5.75 Å². The highest BCUT2D eigenvalue weighted by molar-refractivity contribution is 7.89. The highest BCUT2D eigenvalue weighted by Crippen LogP contribution is 2.26. The van der Waals surface area contributed by atoms with Crippen LogP contribution in [-0.2, 0) is 14.8 Å². The number of nitrogens with zero attached hydrogens (tertiary/aromatic N) is 2. The average Bonchev–Trinajstić information content (AvgIpc) is 3.36. The molecule has 178 valence electrons. The molecule has 9 nitrogen and oxygen atoms in total. The minimum atomic E-state index is -3.82. The molecule has 2 aromatic rings. The lowest BCUT2D eigenvalue weighted by atomic mass is 9.99. The molecular weight excluding hydrogens is 444 g/mol. The van der Waals surface area contributed by atoms with Gasteiger partial charge in [0.15, 0.2) is 0 Å². The molecule has 0 spiro atoms. The Kier molecular flexibility index (Phi) is 7.04. The number of H-pyrrole nitrogens is 1. The molecule has 2 aliphatic heterocycles. The van der Waals surface area contributed by atoms with Crippen LogP contribution < -0.4 is 10.1 Å². The molecular formula is C23H30N4O5S. The van der Waals surface area contributed by atoms with E-state index in [1.165, 1.54) is 16.6 Å². The van der Waals surface area contributed by atoms with Crippen LogP contribution >= 0.6 is 0 Å². The Hall–Kier alpha value is -2.85. The van der Waals surface area contributed by atoms with Crippen molar-refractivity contribution >= 4 is 27.5 Å². The first-order chi connectivity index (χ1) is 15.9. The third kappa shape index (κ3) is 5.22. The first kappa shape index (κ1) is 23.3. The fourth-order valence-electron chi connectivity index (χ4n) is 4.36. The van der Waals surface area contributed by atoms with E-state index in [2.05, 4.69) is 10.3 Å². The van der Waals surface area contributed by atoms with Crippen LogP contribution in [0, 0.1) is 5.92 Å². The third-order valence-electron chi connectivity index (χ3n) is 6.28. The van der Waals surface area contributed by atoms with E-state index in [0.717, 1.165) is 19.3 Å². The van der Waals surface area contributed by atoms with Crippen molar-refractivity contribution in [2.45, 2.75) is 37.0 Å². The van der Waals surface area contributed by atoms with Crippen molar-refractivity contribution in [3.63, 3.8) is 0 Å². The molecule has 2 amide bonds. The number of methoxy groups -OCH3 is 1. The van der Waals surface area contributed by atoms with Gasteiger partial charge in [0, 0.05) is 38.1 Å². The minimum Gasteiger partial charge on any atom is -0.497 e. The number of sulfonamides is 1. The fourth-order valence-corrected chi connectivity index (χ4v) is 5.88. The molecule has 3 heterocycles. The molecule has 2 fully saturated rings. The lowest BCUT2D eigenvalue weighted by molar-refractivity contribution is -0.120. The topological polar surface area (TPSA) is 112 Å². The summed E-state index contributed by atoms with van der Waals surface area (Å²) in [5.41, 5.74) is 0.911. The van der Waals surface area contributed by atoms with Crippen molar-refractivity contribution in [1.29, 1.82) is 0 Å². The van der Waals surface area contributed by atoms with E-state index in [0.29, 0.717) is 43.9 Å². The van der Waals surface area contributed by atoms with Gasteiger partial charge in [-0.1, -0.05) is 0 Å². The maximum absolute atomic E-state index is 13.2. The Morgan fingerprint density at radius 3 is 2.48 bits per heavy atom. The molecule has 1 aromatic heterocycles. The van der Waals surface area contributed by atoms with Gasteiger partial charge in [0.05, 0.1) is 13.0 Å². The number of carbonyl (C=O) groups excluding carboxylic acids is 2. The smallest absolute Gasteiger partial charge is 0.270 e. The summed E-state index contributed by atoms with van der Waals surface area (Å²) in [6.45, 7) is 1.83. The van der Waals surface area contributed by atoms with Gasteiger partial charge in [-0.05, 0) is 62.4 Å². The number of likely N-dealkylation sites (tertiary alicyclic amines) is 1. The summed E-state index contributed by atoms with van der Waals surface area (Å²) in [7, 11) is -2.25. The van der Waals surface area contributed by atoms with Gasteiger partial charge in [-0.3, -0.25) is 9.59 Å². The number of aromatic amines is 1. The fraction of sp³-hybridized carbons (Fsp3) is 0.478. The minimum absolute atomic E-state index is 0.0547. The zero-order chi connectivity index (χ0) is 23.4. The first-order valence-electron chi connectivity index (χ1n) is 11.3. The van der Waals surface area contributed by atoms with Gasteiger partial charge in [0.1, 0.15) is 16.3 Å². The summed E-state index contributed by atoms with van der Waals surface area (Å²) < 4.78 is 32.9. The summed E-state index contributed by atoms with van der Waals surface area (Å²) in [5.74, 6) is -0.154. The standard InChI is InChI=1S/C23H30N4O5S/c1-32-19-9-7-18(8-10-19)25-22(28)17-6-5-13-27(16-17)33(30,31)20-14-21(24-15-20)23(29)26-11-3-2-4-12-26/h7-10,14-15,17,24H,2-6,11-13,16H2,1H3,(H,25,28). The molecule has 2 N–H and O–H groups in total. The number of hydrogen-bond donors (Lipinski definition) is 2. The molecule has 4 rings (SSSR count). The Labute approximate surface area is 194 Å². The molecule has 1 atom stereocenters. The van der Waals surface area contributed by atoms with Crippen LogP contribution in [0.15, 0.2) is 41.4 Å². The molecule has 0 aliphatic carbocycles. The molecule has 1 unspecified atom stereocenters. The maximum Gasteiger partial charge on any atom is 0.270 e. The molecule has 0 radical (unpaired) electrons. The molecule has 2 aliphatic rings. The Morgan fingerprint density at radius 2 is 1.79 bits per heavy atom. The van der Waals surface area contributed by atoms with Gasteiger partial charge >= 0.3 is 0 Å². The highest BCUT2D eigenvalue weighted by atomic mass is 32.2. The van der Waals surface area contributed by atoms with E-state index in [9.17, 15) is 18.0 Å². The van der Waals surface area contributed by atoms with E-state index in [-0.39, 0.29) is 28.9 Å². The number of benzene rings is 1. The summed E-state index contributed by atoms with van der Waals surface area (Å²) in [4.78, 5) is 30.1. The summed E-state index contributed by atoms with van der Waals surface area (Å²) in [6.07, 6.45) is 5.60. The number of piperidine rings is 2. The zero-order valence-corrected chi connectivity index (χ0v) is 19.6. The summed E-state index contributed by atoms with van der Waals surface area (Å²) >= 11 is 0. The van der Waals surface area contributed by atoms with E-state index >= 15 is 0 Å². The van der Waals surface area contributed by atoms with E-state index in [1.54, 1.807) is 36.3 Å². The predicted molar refractivity (Wildman–Crippen MR) is 124 cm³/mol. The second-order valence-electron chi connectivity index (χ2n) is 8.52. The van der Waals surface area contributed by atoms with Crippen LogP contribution in [-0.4, -0.2) is 67.7 Å². The number of hydrogen-bond acceptors (Lipinski definition) is 5. The van der Waals surface area contributed by atoms with Crippen LogP contribution in [0.25, 0.3) is 0 Å². The predicted octanol–water partition coefficient (Wildman–Crippen LogP) is 2.69. The molecule has 2 saturated heterocycles. The normalized spacial score (nSPS) is 19.8. The Bertz CT molecular complexity index is 1090. The lowest BCUT2D eigenvalue weighted by Gasteiger charge is -2.31. The van der Waals surface area contributed by atoms with E-state index < -0.39 is 15.9 Å². The Morgan fingerprint density at radius 1 is 1.06 bits per heavy atom. The first-order valence-corrected chi connectivity index (χ1v) is 12.8. The van der Waals surface area contributed by atoms with Crippen molar-refractivity contribution < 1.29 is 22.7 Å². The van der Waals surface area contributed by atoms with Crippen LogP contribution in [0.1, 0.15) is 42.6 Å². The zero-order valence-electron chi connectivity index (χ0n) is 18.7. The average molecular weight is 475 g/mol. The molecule has 1 aromatic carbocycles. The number of rotatable bonds is 6. The van der Waals surface area contributed by atoms with Gasteiger partial charge in [-0.25, -0.2) is 8.42 Å². The molecule has 33 heavy (non-hydrogen) atoms. The third-order valence-corrected chi connectivity index (χ3v) is 8.12. The van der Waals surface area contributed by atoms with Crippen LogP contribution in [0.4, 0.5) is 5.69 Å². The van der Waals surface area contributed by atoms with Crippen molar-refractivity contribution in [2.75, 3.05) is 38.6 Å². The number of amides is 2. The monoisotopic (exact) mass is 474 g/mol. The van der Waals surface area contributed by atoms with Gasteiger partial charge in [0.25, 0.3) is 5.91 Å². The summed E-state index contributed by atoms with van der Waals surface area (Å²) in [5, 5.41) is 2.86. The van der Waals surface area contributed by atoms with Crippen molar-refractivity contribution in [2.24, 2.45) is 5.92 Å². The quantitative estimate of drug-likeness (QED) is 0.669. The number of aromatic nitrogens is 1. The van der Waals surface area contributed by atoms with Crippen molar-refractivity contribution in [3.05, 3.63) is 42.2 Å². The van der Waals surface area contributed by atoms with Gasteiger partial charge < -0.3 is 19.9 Å². The second-order valence-corrected chi connectivity index (χ2v) is 10.5. The van der Waals surface area contributed by atoms with Crippen LogP contribution in [0.2, 0.25) is 0 Å². The van der Waals surface area contributed by atoms with E-state index in [1.807, 2.05) is 0 Å². The number of nitrogens with one attached hydrogen (secondary N) is 2. The lowest BCUT2D eigenvalue weighted by Crippen LogP contribution is -2.43. The number of ether oxygens (including phenoxy) is 1. The molecule has 0 bridgehead atoms. The van der Waals surface area contributed by atoms with Crippen molar-refractivity contribution in [3.8, 4) is 5.75 Å². The molecule has 10 heteroatoms. The Balaban J connectivity index is 1.42. The number of anilines is 1. The summed E-state index contributed by atoms with van der Waals surface area (Å²) in [6, 6.07) is 8.40. The maximum atomic E-state index is 13.2. The van der Waals surface area contributed by atoms with Crippen molar-refractivity contribution in [1.82, 2.24) is 14.2 Å². The van der Waals surface area contributed by atoms with Gasteiger partial charge in [0.2, 0.25) is 15.9 Å². The SMILES string of the molecule is COc1ccc(NC(=O)C2CCCN(S(=O)(=O)c3c[nH]c(C(=O)N4CCCCC4)c3)C2)cc1. The van der Waals surface area contributed by atoms with E-state index in [4.69, 9.17) is 4.74 Å². The largest absolute Gasteiger partial charge is 0.497 e.